The minimum atomic E-state index is -0.588. The van der Waals surface area contributed by atoms with Crippen LogP contribution in [0.1, 0.15) is 0 Å². The molecule has 0 saturated carbocycles. The van der Waals surface area contributed by atoms with Crippen LogP contribution in [0, 0.1) is 0 Å². The van der Waals surface area contributed by atoms with Crippen LogP contribution in [0.25, 0.3) is 22.2 Å². The van der Waals surface area contributed by atoms with Crippen molar-refractivity contribution < 1.29 is 9.84 Å². The van der Waals surface area contributed by atoms with Crippen LogP contribution in [0.2, 0.25) is 0 Å². The molecule has 5 heteroatoms. The van der Waals surface area contributed by atoms with Gasteiger partial charge in [-0.15, -0.1) is 0 Å². The van der Waals surface area contributed by atoms with Gasteiger partial charge < -0.3 is 14.7 Å². The molecule has 1 N–H and O–H groups in total. The maximum atomic E-state index is 9.96. The number of benzene rings is 2. The molecule has 0 aliphatic rings. The number of aliphatic hydroxyl groups is 1. The Hall–Kier alpha value is -2.50. The fourth-order valence-corrected chi connectivity index (χ4v) is 2.69. The summed E-state index contributed by atoms with van der Waals surface area (Å²) in [5, 5.41) is 11.0. The lowest BCUT2D eigenvalue weighted by molar-refractivity contribution is 0.0693. The van der Waals surface area contributed by atoms with E-state index in [0.29, 0.717) is 12.5 Å². The molecule has 0 radical (unpaired) electrons. The van der Waals surface area contributed by atoms with E-state index in [1.165, 1.54) is 0 Å². The molecule has 5 nitrogen and oxygen atoms in total. The summed E-state index contributed by atoms with van der Waals surface area (Å²) in [4.78, 5) is 11.2. The fourth-order valence-electron chi connectivity index (χ4n) is 2.69. The average Bonchev–Trinajstić information content (AvgIpc) is 2.61. The van der Waals surface area contributed by atoms with Crippen molar-refractivity contribution in [1.82, 2.24) is 9.97 Å². The quantitative estimate of drug-likeness (QED) is 0.756. The van der Waals surface area contributed by atoms with E-state index in [0.717, 1.165) is 22.2 Å². The van der Waals surface area contributed by atoms with Crippen LogP contribution >= 0.6 is 0 Å². The Balaban J connectivity index is 2.04. The largest absolute Gasteiger partial charge is 0.389 e. The van der Waals surface area contributed by atoms with E-state index >= 15 is 0 Å². The maximum absolute atomic E-state index is 9.96. The fraction of sp³-hybridized carbons (Fsp3) is 0.263. The van der Waals surface area contributed by atoms with Gasteiger partial charge in [-0.1, -0.05) is 48.5 Å². The van der Waals surface area contributed by atoms with Gasteiger partial charge in [0.15, 0.2) is 0 Å². The van der Waals surface area contributed by atoms with Gasteiger partial charge >= 0.3 is 0 Å². The van der Waals surface area contributed by atoms with Crippen LogP contribution in [-0.2, 0) is 4.74 Å². The lowest BCUT2D eigenvalue weighted by Crippen LogP contribution is -2.33. The molecule has 124 valence electrons. The molecule has 0 aliphatic carbocycles. The first kappa shape index (κ1) is 16.4. The topological polar surface area (TPSA) is 58.5 Å². The number of aromatic nitrogens is 2. The highest BCUT2D eigenvalue weighted by atomic mass is 16.5. The summed E-state index contributed by atoms with van der Waals surface area (Å²) in [6.07, 6.45) is -0.588. The highest BCUT2D eigenvalue weighted by Crippen LogP contribution is 2.27. The van der Waals surface area contributed by atoms with Gasteiger partial charge in [-0.25, -0.2) is 9.97 Å². The molecule has 1 heterocycles. The zero-order valence-electron chi connectivity index (χ0n) is 13.9. The van der Waals surface area contributed by atoms with Crippen molar-refractivity contribution in [1.29, 1.82) is 0 Å². The first-order valence-corrected chi connectivity index (χ1v) is 7.89. The number of fused-ring (bicyclic) bond motifs is 1. The second-order valence-electron chi connectivity index (χ2n) is 5.75. The third-order valence-electron chi connectivity index (χ3n) is 3.82. The monoisotopic (exact) mass is 323 g/mol. The molecule has 0 aliphatic heterocycles. The lowest BCUT2D eigenvalue weighted by atomic mass is 10.1. The van der Waals surface area contributed by atoms with Crippen LogP contribution in [0.15, 0.2) is 54.6 Å². The third kappa shape index (κ3) is 3.53. The summed E-state index contributed by atoms with van der Waals surface area (Å²) in [5.74, 6) is 0.586. The molecule has 1 atom stereocenters. The number of anilines is 1. The molecule has 3 rings (SSSR count). The summed E-state index contributed by atoms with van der Waals surface area (Å²) < 4.78 is 4.99. The van der Waals surface area contributed by atoms with Crippen molar-refractivity contribution in [3.63, 3.8) is 0 Å². The van der Waals surface area contributed by atoms with E-state index in [1.54, 1.807) is 7.11 Å². The Morgan fingerprint density at radius 3 is 2.50 bits per heavy atom. The van der Waals surface area contributed by atoms with Gasteiger partial charge in [0.05, 0.1) is 23.9 Å². The third-order valence-corrected chi connectivity index (χ3v) is 3.82. The standard InChI is InChI=1S/C19H21N3O2/c1-22(12-15(23)13-24-2)19-20-17-11-7-6-10-16(17)18(21-19)14-8-4-3-5-9-14/h3-11,15,23H,12-13H2,1-2H3. The lowest BCUT2D eigenvalue weighted by Gasteiger charge is -2.21. The number of hydrogen-bond acceptors (Lipinski definition) is 5. The van der Waals surface area contributed by atoms with E-state index in [4.69, 9.17) is 9.72 Å². The van der Waals surface area contributed by atoms with Crippen LogP contribution in [0.4, 0.5) is 5.95 Å². The molecule has 0 fully saturated rings. The molecule has 0 saturated heterocycles. The van der Waals surface area contributed by atoms with Gasteiger partial charge in [-0.2, -0.15) is 0 Å². The first-order chi connectivity index (χ1) is 11.7. The van der Waals surface area contributed by atoms with Gasteiger partial charge in [0, 0.05) is 31.7 Å². The van der Waals surface area contributed by atoms with Crippen molar-refractivity contribution in [3.8, 4) is 11.3 Å². The summed E-state index contributed by atoms with van der Waals surface area (Å²) in [6.45, 7) is 0.684. The normalized spacial score (nSPS) is 12.3. The van der Waals surface area contributed by atoms with E-state index in [-0.39, 0.29) is 6.61 Å². The number of ether oxygens (including phenoxy) is 1. The second-order valence-corrected chi connectivity index (χ2v) is 5.75. The minimum Gasteiger partial charge on any atom is -0.389 e. The Bertz CT molecular complexity index is 808. The highest BCUT2D eigenvalue weighted by molar-refractivity contribution is 5.93. The SMILES string of the molecule is COCC(O)CN(C)c1nc(-c2ccccc2)c2ccccc2n1. The number of methoxy groups -OCH3 is 1. The van der Waals surface area contributed by atoms with Crippen LogP contribution in [0.3, 0.4) is 0 Å². The van der Waals surface area contributed by atoms with Crippen molar-refractivity contribution >= 4 is 16.9 Å². The predicted molar refractivity (Wildman–Crippen MR) is 96.1 cm³/mol. The first-order valence-electron chi connectivity index (χ1n) is 7.89. The second kappa shape index (κ2) is 7.38. The number of aliphatic hydroxyl groups excluding tert-OH is 1. The molecular weight excluding hydrogens is 302 g/mol. The molecule has 3 aromatic rings. The van der Waals surface area contributed by atoms with Crippen LogP contribution < -0.4 is 4.90 Å². The Morgan fingerprint density at radius 1 is 1.04 bits per heavy atom. The maximum Gasteiger partial charge on any atom is 0.226 e. The van der Waals surface area contributed by atoms with Gasteiger partial charge in [0.2, 0.25) is 5.95 Å². The average molecular weight is 323 g/mol. The molecule has 2 aromatic carbocycles. The summed E-state index contributed by atoms with van der Waals surface area (Å²) in [6, 6.07) is 18.0. The summed E-state index contributed by atoms with van der Waals surface area (Å²) in [7, 11) is 3.45. The van der Waals surface area contributed by atoms with Gasteiger partial charge in [-0.05, 0) is 6.07 Å². The van der Waals surface area contributed by atoms with Crippen LogP contribution in [0.5, 0.6) is 0 Å². The van der Waals surface area contributed by atoms with Gasteiger partial charge in [0.25, 0.3) is 0 Å². The van der Waals surface area contributed by atoms with Gasteiger partial charge in [0.1, 0.15) is 0 Å². The molecule has 0 bridgehead atoms. The molecule has 1 aromatic heterocycles. The van der Waals surface area contributed by atoms with E-state index in [1.807, 2.05) is 66.5 Å². The number of rotatable bonds is 6. The Kier molecular flexibility index (Phi) is 5.03. The molecule has 1 unspecified atom stereocenters. The number of para-hydroxylation sites is 1. The van der Waals surface area contributed by atoms with Crippen molar-refractivity contribution in [3.05, 3.63) is 54.6 Å². The number of nitrogens with zero attached hydrogens (tertiary/aromatic N) is 3. The molecule has 0 spiro atoms. The van der Waals surface area contributed by atoms with E-state index in [9.17, 15) is 5.11 Å². The zero-order chi connectivity index (χ0) is 16.9. The Labute approximate surface area is 141 Å². The predicted octanol–water partition coefficient (Wildman–Crippen LogP) is 2.74. The highest BCUT2D eigenvalue weighted by Gasteiger charge is 2.14. The molecule has 24 heavy (non-hydrogen) atoms. The molecule has 0 amide bonds. The smallest absolute Gasteiger partial charge is 0.226 e. The van der Waals surface area contributed by atoms with Crippen molar-refractivity contribution in [2.24, 2.45) is 0 Å². The van der Waals surface area contributed by atoms with E-state index in [2.05, 4.69) is 4.98 Å². The summed E-state index contributed by atoms with van der Waals surface area (Å²) in [5.41, 5.74) is 2.82. The molecular formula is C19H21N3O2. The van der Waals surface area contributed by atoms with Crippen LogP contribution in [-0.4, -0.2) is 48.5 Å². The zero-order valence-corrected chi connectivity index (χ0v) is 13.9. The number of likely N-dealkylation sites (N-methyl/N-ethyl adjacent to an activating group) is 1. The van der Waals surface area contributed by atoms with Gasteiger partial charge in [-0.3, -0.25) is 0 Å². The minimum absolute atomic E-state index is 0.281. The van der Waals surface area contributed by atoms with Crippen molar-refractivity contribution in [2.75, 3.05) is 32.2 Å². The number of hydrogen-bond donors (Lipinski definition) is 1. The van der Waals surface area contributed by atoms with Crippen molar-refractivity contribution in [2.45, 2.75) is 6.10 Å². The van der Waals surface area contributed by atoms with E-state index < -0.39 is 6.10 Å². The summed E-state index contributed by atoms with van der Waals surface area (Å²) >= 11 is 0. The Morgan fingerprint density at radius 2 is 1.75 bits per heavy atom.